The van der Waals surface area contributed by atoms with Crippen molar-refractivity contribution in [3.63, 3.8) is 0 Å². The summed E-state index contributed by atoms with van der Waals surface area (Å²) in [5.74, 6) is 3.57. The van der Waals surface area contributed by atoms with Crippen LogP contribution < -0.4 is 14.3 Å². The standard InChI is InChI=1S/C20H13ClN2O3S/c1-2-9-23-15-6-5-14(21)11-18(15)27-20(23)22-19(24)8-4-13-3-7-16-17(10-13)26-12-25-16/h1,3-8,10-11H,9,12H2. The molecule has 134 valence electrons. The smallest absolute Gasteiger partial charge is 0.272 e. The molecule has 27 heavy (non-hydrogen) atoms. The maximum atomic E-state index is 12.3. The zero-order valence-corrected chi connectivity index (χ0v) is 15.6. The van der Waals surface area contributed by atoms with Gasteiger partial charge in [-0.1, -0.05) is 34.9 Å². The molecule has 2 aromatic carbocycles. The molecular weight excluding hydrogens is 384 g/mol. The van der Waals surface area contributed by atoms with Gasteiger partial charge in [0.25, 0.3) is 5.91 Å². The SMILES string of the molecule is C#CCn1c(=NC(=O)C=Cc2ccc3c(c2)OCO3)sc2cc(Cl)ccc21. The summed E-state index contributed by atoms with van der Waals surface area (Å²) in [7, 11) is 0. The third-order valence-electron chi connectivity index (χ3n) is 3.92. The van der Waals surface area contributed by atoms with Crippen LogP contribution in [0.1, 0.15) is 5.56 Å². The van der Waals surface area contributed by atoms with Crippen LogP contribution in [0.25, 0.3) is 16.3 Å². The summed E-state index contributed by atoms with van der Waals surface area (Å²) in [6, 6.07) is 11.0. The van der Waals surface area contributed by atoms with Gasteiger partial charge in [-0.25, -0.2) is 0 Å². The van der Waals surface area contributed by atoms with E-state index in [1.54, 1.807) is 18.2 Å². The molecule has 5 nitrogen and oxygen atoms in total. The van der Waals surface area contributed by atoms with Gasteiger partial charge in [0.15, 0.2) is 16.3 Å². The Hall–Kier alpha value is -3.01. The molecule has 1 amide bonds. The lowest BCUT2D eigenvalue weighted by Crippen LogP contribution is -2.15. The molecule has 0 atom stereocenters. The minimum Gasteiger partial charge on any atom is -0.454 e. The normalized spacial score (nSPS) is 13.4. The van der Waals surface area contributed by atoms with Crippen molar-refractivity contribution < 1.29 is 14.3 Å². The highest BCUT2D eigenvalue weighted by Crippen LogP contribution is 2.32. The molecule has 0 fully saturated rings. The van der Waals surface area contributed by atoms with Crippen LogP contribution in [0.3, 0.4) is 0 Å². The van der Waals surface area contributed by atoms with Crippen LogP contribution in [0.2, 0.25) is 5.02 Å². The van der Waals surface area contributed by atoms with Gasteiger partial charge in [-0.15, -0.1) is 6.42 Å². The number of hydrogen-bond acceptors (Lipinski definition) is 4. The Bertz CT molecular complexity index is 1180. The Morgan fingerprint density at radius 1 is 1.30 bits per heavy atom. The number of nitrogens with zero attached hydrogens (tertiary/aromatic N) is 2. The maximum Gasteiger partial charge on any atom is 0.272 e. The summed E-state index contributed by atoms with van der Waals surface area (Å²) in [6.07, 6.45) is 8.56. The number of halogens is 1. The fourth-order valence-corrected chi connectivity index (χ4v) is 4.00. The molecule has 3 aromatic rings. The number of carbonyl (C=O) groups excluding carboxylic acids is 1. The second kappa shape index (κ2) is 7.31. The summed E-state index contributed by atoms with van der Waals surface area (Å²) >= 11 is 7.42. The molecule has 0 unspecified atom stereocenters. The zero-order chi connectivity index (χ0) is 18.8. The number of aromatic nitrogens is 1. The molecule has 1 aliphatic rings. The minimum atomic E-state index is -0.379. The predicted octanol–water partition coefficient (Wildman–Crippen LogP) is 3.86. The molecule has 2 heterocycles. The molecule has 1 aliphatic heterocycles. The van der Waals surface area contributed by atoms with E-state index in [1.807, 2.05) is 28.8 Å². The average molecular weight is 397 g/mol. The number of fused-ring (bicyclic) bond motifs is 2. The Labute approximate surface area is 164 Å². The second-order valence-corrected chi connectivity index (χ2v) is 7.13. The highest BCUT2D eigenvalue weighted by Gasteiger charge is 2.12. The van der Waals surface area contributed by atoms with Gasteiger partial charge in [0, 0.05) is 11.1 Å². The summed E-state index contributed by atoms with van der Waals surface area (Å²) in [4.78, 5) is 17.1. The molecular formula is C20H13ClN2O3S. The highest BCUT2D eigenvalue weighted by atomic mass is 35.5. The van der Waals surface area contributed by atoms with Crippen LogP contribution in [0.5, 0.6) is 11.5 Å². The Morgan fingerprint density at radius 2 is 2.15 bits per heavy atom. The summed E-state index contributed by atoms with van der Waals surface area (Å²) in [5.41, 5.74) is 1.72. The van der Waals surface area contributed by atoms with Crippen LogP contribution >= 0.6 is 22.9 Å². The van der Waals surface area contributed by atoms with Crippen molar-refractivity contribution >= 4 is 45.1 Å². The number of benzene rings is 2. The van der Waals surface area contributed by atoms with Crippen LogP contribution in [0.15, 0.2) is 47.5 Å². The molecule has 0 aliphatic carbocycles. The predicted molar refractivity (Wildman–Crippen MR) is 106 cm³/mol. The first-order chi connectivity index (χ1) is 13.1. The van der Waals surface area contributed by atoms with Crippen LogP contribution in [0, 0.1) is 12.3 Å². The lowest BCUT2D eigenvalue weighted by atomic mass is 10.2. The van der Waals surface area contributed by atoms with Gasteiger partial charge >= 0.3 is 0 Å². The van der Waals surface area contributed by atoms with Gasteiger partial charge < -0.3 is 14.0 Å². The van der Waals surface area contributed by atoms with Crippen LogP contribution in [-0.2, 0) is 11.3 Å². The number of hydrogen-bond donors (Lipinski definition) is 0. The van der Waals surface area contributed by atoms with E-state index in [2.05, 4.69) is 10.9 Å². The molecule has 0 spiro atoms. The lowest BCUT2D eigenvalue weighted by molar-refractivity contribution is -0.113. The molecule has 0 saturated heterocycles. The van der Waals surface area contributed by atoms with Gasteiger partial charge in [0.1, 0.15) is 0 Å². The molecule has 0 bridgehead atoms. The number of rotatable bonds is 3. The van der Waals surface area contributed by atoms with Crippen LogP contribution in [0.4, 0.5) is 0 Å². The van der Waals surface area contributed by atoms with Gasteiger partial charge in [-0.2, -0.15) is 4.99 Å². The molecule has 7 heteroatoms. The Balaban J connectivity index is 1.65. The first-order valence-electron chi connectivity index (χ1n) is 8.03. The fraction of sp³-hybridized carbons (Fsp3) is 0.100. The van der Waals surface area contributed by atoms with Gasteiger partial charge in [0.05, 0.1) is 16.8 Å². The second-order valence-electron chi connectivity index (χ2n) is 5.68. The largest absolute Gasteiger partial charge is 0.454 e. The third-order valence-corrected chi connectivity index (χ3v) is 5.19. The van der Waals surface area contributed by atoms with Crippen molar-refractivity contribution in [2.24, 2.45) is 4.99 Å². The lowest BCUT2D eigenvalue weighted by Gasteiger charge is -1.99. The topological polar surface area (TPSA) is 52.8 Å². The average Bonchev–Trinajstić information content (AvgIpc) is 3.24. The van der Waals surface area contributed by atoms with Gasteiger partial charge in [-0.05, 0) is 42.0 Å². The van der Waals surface area contributed by atoms with Crippen molar-refractivity contribution in [1.29, 1.82) is 0 Å². The number of ether oxygens (including phenoxy) is 2. The van der Waals surface area contributed by atoms with E-state index in [0.717, 1.165) is 15.8 Å². The molecule has 0 saturated carbocycles. The summed E-state index contributed by atoms with van der Waals surface area (Å²) in [5, 5.41) is 0.622. The highest BCUT2D eigenvalue weighted by molar-refractivity contribution is 7.16. The first kappa shape index (κ1) is 17.4. The number of amides is 1. The zero-order valence-electron chi connectivity index (χ0n) is 14.0. The fourth-order valence-electron chi connectivity index (χ4n) is 2.69. The van der Waals surface area contributed by atoms with Crippen molar-refractivity contribution in [3.05, 3.63) is 57.9 Å². The van der Waals surface area contributed by atoms with E-state index in [-0.39, 0.29) is 12.7 Å². The van der Waals surface area contributed by atoms with E-state index in [9.17, 15) is 4.79 Å². The van der Waals surface area contributed by atoms with E-state index >= 15 is 0 Å². The van der Waals surface area contributed by atoms with Crippen molar-refractivity contribution in [3.8, 4) is 23.8 Å². The maximum absolute atomic E-state index is 12.3. The molecule has 1 aromatic heterocycles. The quantitative estimate of drug-likeness (QED) is 0.499. The van der Waals surface area contributed by atoms with Crippen molar-refractivity contribution in [1.82, 2.24) is 4.57 Å². The van der Waals surface area contributed by atoms with Crippen molar-refractivity contribution in [2.45, 2.75) is 6.54 Å². The van der Waals surface area contributed by atoms with E-state index in [4.69, 9.17) is 27.5 Å². The first-order valence-corrected chi connectivity index (χ1v) is 9.22. The molecule has 0 radical (unpaired) electrons. The number of terminal acetylenes is 1. The Kier molecular flexibility index (Phi) is 4.71. The monoisotopic (exact) mass is 396 g/mol. The van der Waals surface area contributed by atoms with Gasteiger partial charge in [0.2, 0.25) is 6.79 Å². The van der Waals surface area contributed by atoms with E-state index in [0.29, 0.717) is 27.9 Å². The van der Waals surface area contributed by atoms with Crippen LogP contribution in [-0.4, -0.2) is 17.3 Å². The van der Waals surface area contributed by atoms with E-state index < -0.39 is 0 Å². The number of thiazole rings is 1. The number of carbonyl (C=O) groups is 1. The van der Waals surface area contributed by atoms with E-state index in [1.165, 1.54) is 17.4 Å². The van der Waals surface area contributed by atoms with Gasteiger partial charge in [-0.3, -0.25) is 4.79 Å². The molecule has 0 N–H and O–H groups in total. The summed E-state index contributed by atoms with van der Waals surface area (Å²) in [6.45, 7) is 0.529. The summed E-state index contributed by atoms with van der Waals surface area (Å²) < 4.78 is 13.3. The minimum absolute atomic E-state index is 0.210. The third kappa shape index (κ3) is 3.61. The molecule has 4 rings (SSSR count). The Morgan fingerprint density at radius 3 is 3.00 bits per heavy atom. The van der Waals surface area contributed by atoms with Crippen molar-refractivity contribution in [2.75, 3.05) is 6.79 Å².